The summed E-state index contributed by atoms with van der Waals surface area (Å²) in [5.74, 6) is 0.709. The zero-order valence-electron chi connectivity index (χ0n) is 12.3. The van der Waals surface area contributed by atoms with Crippen LogP contribution in [-0.4, -0.2) is 14.9 Å². The maximum Gasteiger partial charge on any atom is 0.132 e. The largest absolute Gasteiger partial charge is 0.487 e. The number of hydrogen-bond donors (Lipinski definition) is 1. The van der Waals surface area contributed by atoms with E-state index in [2.05, 4.69) is 18.9 Å². The third kappa shape index (κ3) is 3.39. The third-order valence-electron chi connectivity index (χ3n) is 3.45. The van der Waals surface area contributed by atoms with Gasteiger partial charge in [-0.1, -0.05) is 25.1 Å². The van der Waals surface area contributed by atoms with Crippen molar-refractivity contribution < 1.29 is 9.84 Å². The number of aliphatic hydroxyl groups excluding tert-OH is 1. The second-order valence-electron chi connectivity index (χ2n) is 5.05. The smallest absolute Gasteiger partial charge is 0.132 e. The summed E-state index contributed by atoms with van der Waals surface area (Å²) in [5, 5.41) is 14.2. The molecule has 0 aliphatic heterocycles. The number of ether oxygens (including phenoxy) is 1. The van der Waals surface area contributed by atoms with E-state index in [1.165, 1.54) is 0 Å². The summed E-state index contributed by atoms with van der Waals surface area (Å²) in [6.07, 6.45) is 2.49. The Morgan fingerprint density at radius 3 is 2.70 bits per heavy atom. The van der Waals surface area contributed by atoms with Crippen LogP contribution in [0.5, 0.6) is 5.75 Å². The summed E-state index contributed by atoms with van der Waals surface area (Å²) in [5.41, 5.74) is 1.69. The average molecular weight is 274 g/mol. The quantitative estimate of drug-likeness (QED) is 0.877. The van der Waals surface area contributed by atoms with E-state index in [1.807, 2.05) is 41.2 Å². The molecule has 0 radical (unpaired) electrons. The molecule has 1 N–H and O–H groups in total. The maximum atomic E-state index is 9.71. The van der Waals surface area contributed by atoms with Crippen LogP contribution in [0, 0.1) is 0 Å². The second-order valence-corrected chi connectivity index (χ2v) is 5.05. The first-order valence-electron chi connectivity index (χ1n) is 7.05. The molecule has 2 atom stereocenters. The van der Waals surface area contributed by atoms with Gasteiger partial charge >= 0.3 is 0 Å². The second kappa shape index (κ2) is 6.57. The molecule has 0 saturated carbocycles. The zero-order valence-corrected chi connectivity index (χ0v) is 12.3. The molecule has 20 heavy (non-hydrogen) atoms. The van der Waals surface area contributed by atoms with Gasteiger partial charge in [0.15, 0.2) is 0 Å². The minimum atomic E-state index is -0.538. The molecule has 0 aliphatic carbocycles. The van der Waals surface area contributed by atoms with Crippen LogP contribution < -0.4 is 4.74 Å². The van der Waals surface area contributed by atoms with Gasteiger partial charge < -0.3 is 9.84 Å². The first-order valence-corrected chi connectivity index (χ1v) is 7.05. The van der Waals surface area contributed by atoms with Gasteiger partial charge in [-0.2, -0.15) is 5.10 Å². The molecule has 0 fully saturated rings. The molecular formula is C16H22N2O2. The molecule has 4 heteroatoms. The van der Waals surface area contributed by atoms with Gasteiger partial charge in [-0.25, -0.2) is 0 Å². The molecule has 1 aromatic carbocycles. The molecule has 4 nitrogen and oxygen atoms in total. The van der Waals surface area contributed by atoms with E-state index in [0.717, 1.165) is 17.7 Å². The van der Waals surface area contributed by atoms with Crippen LogP contribution in [-0.2, 0) is 6.61 Å². The summed E-state index contributed by atoms with van der Waals surface area (Å²) >= 11 is 0. The molecule has 1 unspecified atom stereocenters. The molecule has 2 aromatic rings. The van der Waals surface area contributed by atoms with Gasteiger partial charge in [0.25, 0.3) is 0 Å². The van der Waals surface area contributed by atoms with Gasteiger partial charge in [0.2, 0.25) is 0 Å². The lowest BCUT2D eigenvalue weighted by molar-refractivity contribution is 0.189. The van der Waals surface area contributed by atoms with Gasteiger partial charge in [-0.15, -0.1) is 0 Å². The first-order chi connectivity index (χ1) is 9.61. The Kier molecular flexibility index (Phi) is 4.79. The lowest BCUT2D eigenvalue weighted by atomic mass is 10.1. The van der Waals surface area contributed by atoms with E-state index in [9.17, 15) is 5.11 Å². The molecule has 1 aromatic heterocycles. The first kappa shape index (κ1) is 14.6. The van der Waals surface area contributed by atoms with Crippen molar-refractivity contribution >= 4 is 0 Å². The van der Waals surface area contributed by atoms with Gasteiger partial charge in [0.05, 0.1) is 11.8 Å². The Bertz CT molecular complexity index is 549. The standard InChI is InChI=1S/C16H22N2O2/c1-4-12(2)18-10-9-14(17-18)11-20-16-8-6-5-7-15(16)13(3)19/h5-10,12-13,19H,4,11H2,1-3H3/t12?,13-/m1/s1. The summed E-state index contributed by atoms with van der Waals surface area (Å²) in [6.45, 7) is 6.43. The summed E-state index contributed by atoms with van der Waals surface area (Å²) in [4.78, 5) is 0. The minimum Gasteiger partial charge on any atom is -0.487 e. The van der Waals surface area contributed by atoms with Crippen molar-refractivity contribution in [3.63, 3.8) is 0 Å². The Morgan fingerprint density at radius 1 is 1.25 bits per heavy atom. The van der Waals surface area contributed by atoms with Gasteiger partial charge in [-0.05, 0) is 32.4 Å². The zero-order chi connectivity index (χ0) is 14.5. The van der Waals surface area contributed by atoms with Crippen LogP contribution in [0.1, 0.15) is 50.6 Å². The number of aromatic nitrogens is 2. The lowest BCUT2D eigenvalue weighted by Gasteiger charge is -2.12. The van der Waals surface area contributed by atoms with Crippen molar-refractivity contribution in [3.8, 4) is 5.75 Å². The molecule has 0 aliphatic rings. The number of aliphatic hydroxyl groups is 1. The van der Waals surface area contributed by atoms with Gasteiger partial charge in [-0.3, -0.25) is 4.68 Å². The van der Waals surface area contributed by atoms with Crippen molar-refractivity contribution in [1.82, 2.24) is 9.78 Å². The summed E-state index contributed by atoms with van der Waals surface area (Å²) in [7, 11) is 0. The highest BCUT2D eigenvalue weighted by atomic mass is 16.5. The minimum absolute atomic E-state index is 0.397. The molecule has 0 bridgehead atoms. The number of benzene rings is 1. The molecule has 0 amide bonds. The molecule has 108 valence electrons. The maximum absolute atomic E-state index is 9.71. The van der Waals surface area contributed by atoms with E-state index in [4.69, 9.17) is 4.74 Å². The molecular weight excluding hydrogens is 252 g/mol. The van der Waals surface area contributed by atoms with Gasteiger partial charge in [0, 0.05) is 17.8 Å². The van der Waals surface area contributed by atoms with Crippen molar-refractivity contribution in [3.05, 3.63) is 47.8 Å². The highest BCUT2D eigenvalue weighted by Crippen LogP contribution is 2.25. The number of para-hydroxylation sites is 1. The fraction of sp³-hybridized carbons (Fsp3) is 0.438. The highest BCUT2D eigenvalue weighted by molar-refractivity contribution is 5.34. The van der Waals surface area contributed by atoms with Crippen LogP contribution in [0.2, 0.25) is 0 Å². The predicted molar refractivity (Wildman–Crippen MR) is 78.6 cm³/mol. The highest BCUT2D eigenvalue weighted by Gasteiger charge is 2.09. The van der Waals surface area contributed by atoms with E-state index >= 15 is 0 Å². The van der Waals surface area contributed by atoms with E-state index in [-0.39, 0.29) is 0 Å². The number of rotatable bonds is 6. The normalized spacial score (nSPS) is 14.0. The van der Waals surface area contributed by atoms with Gasteiger partial charge in [0.1, 0.15) is 12.4 Å². The number of hydrogen-bond acceptors (Lipinski definition) is 3. The third-order valence-corrected chi connectivity index (χ3v) is 3.45. The van der Waals surface area contributed by atoms with Crippen LogP contribution in [0.25, 0.3) is 0 Å². The van der Waals surface area contributed by atoms with Crippen LogP contribution in [0.4, 0.5) is 0 Å². The van der Waals surface area contributed by atoms with E-state index in [0.29, 0.717) is 18.4 Å². The average Bonchev–Trinajstić information content (AvgIpc) is 2.93. The molecule has 0 spiro atoms. The Morgan fingerprint density at radius 2 is 2.00 bits per heavy atom. The van der Waals surface area contributed by atoms with Crippen LogP contribution >= 0.6 is 0 Å². The predicted octanol–water partition coefficient (Wildman–Crippen LogP) is 3.49. The summed E-state index contributed by atoms with van der Waals surface area (Å²) < 4.78 is 7.73. The fourth-order valence-electron chi connectivity index (χ4n) is 2.00. The monoisotopic (exact) mass is 274 g/mol. The number of nitrogens with zero attached hydrogens (tertiary/aromatic N) is 2. The molecule has 1 heterocycles. The Hall–Kier alpha value is -1.81. The van der Waals surface area contributed by atoms with Crippen molar-refractivity contribution in [1.29, 1.82) is 0 Å². The molecule has 0 saturated heterocycles. The van der Waals surface area contributed by atoms with Crippen molar-refractivity contribution in [2.24, 2.45) is 0 Å². The van der Waals surface area contributed by atoms with Crippen LogP contribution in [0.3, 0.4) is 0 Å². The van der Waals surface area contributed by atoms with E-state index in [1.54, 1.807) is 6.92 Å². The SMILES string of the molecule is CCC(C)n1ccc(COc2ccccc2[C@@H](C)O)n1. The summed E-state index contributed by atoms with van der Waals surface area (Å²) in [6, 6.07) is 9.90. The Balaban J connectivity index is 2.04. The van der Waals surface area contributed by atoms with E-state index < -0.39 is 6.10 Å². The van der Waals surface area contributed by atoms with Crippen molar-refractivity contribution in [2.45, 2.75) is 45.9 Å². The Labute approximate surface area is 120 Å². The fourth-order valence-corrected chi connectivity index (χ4v) is 2.00. The molecule has 2 rings (SSSR count). The van der Waals surface area contributed by atoms with Crippen LogP contribution in [0.15, 0.2) is 36.5 Å². The van der Waals surface area contributed by atoms with Crippen molar-refractivity contribution in [2.75, 3.05) is 0 Å². The topological polar surface area (TPSA) is 47.3 Å². The lowest BCUT2D eigenvalue weighted by Crippen LogP contribution is -2.06.